The molecule has 0 amide bonds. The number of aliphatic hydroxyl groups is 1. The molecule has 1 N–H and O–H groups in total. The molecule has 1 saturated heterocycles. The van der Waals surface area contributed by atoms with Gasteiger partial charge in [-0.05, 0) is 99.2 Å². The minimum Gasteiger partial charge on any atom is -0.390 e. The highest BCUT2D eigenvalue weighted by Crippen LogP contribution is 2.71. The second kappa shape index (κ2) is 4.53. The number of hydrogen-bond acceptors (Lipinski definition) is 2. The molecule has 130 valence electrons. The molecule has 0 radical (unpaired) electrons. The van der Waals surface area contributed by atoms with E-state index in [1.165, 1.54) is 57.1 Å². The summed E-state index contributed by atoms with van der Waals surface area (Å²) in [6, 6.07) is 0. The Morgan fingerprint density at radius 2 is 1.61 bits per heavy atom. The van der Waals surface area contributed by atoms with E-state index in [2.05, 4.69) is 32.5 Å². The molecule has 4 saturated carbocycles. The molecular formula is C21H34OS. The van der Waals surface area contributed by atoms with Gasteiger partial charge in [0.2, 0.25) is 0 Å². The van der Waals surface area contributed by atoms with Gasteiger partial charge in [-0.2, -0.15) is 11.8 Å². The van der Waals surface area contributed by atoms with E-state index in [1.54, 1.807) is 0 Å². The molecule has 1 nitrogen and oxygen atoms in total. The van der Waals surface area contributed by atoms with E-state index < -0.39 is 5.60 Å². The highest BCUT2D eigenvalue weighted by atomic mass is 32.2. The van der Waals surface area contributed by atoms with Gasteiger partial charge in [-0.15, -0.1) is 0 Å². The molecule has 23 heavy (non-hydrogen) atoms. The van der Waals surface area contributed by atoms with Gasteiger partial charge < -0.3 is 5.11 Å². The molecule has 1 aliphatic heterocycles. The van der Waals surface area contributed by atoms with Crippen LogP contribution in [-0.4, -0.2) is 21.2 Å². The third-order valence-electron chi connectivity index (χ3n) is 9.92. The van der Waals surface area contributed by atoms with Gasteiger partial charge in [-0.1, -0.05) is 13.8 Å². The quantitative estimate of drug-likeness (QED) is 0.609. The van der Waals surface area contributed by atoms with Gasteiger partial charge in [0.15, 0.2) is 0 Å². The van der Waals surface area contributed by atoms with Crippen LogP contribution < -0.4 is 0 Å². The Bertz CT molecular complexity index is 524. The van der Waals surface area contributed by atoms with E-state index in [-0.39, 0.29) is 5.41 Å². The normalized spacial score (nSPS) is 64.2. The fraction of sp³-hybridized carbons (Fsp3) is 1.00. The summed E-state index contributed by atoms with van der Waals surface area (Å²) in [7, 11) is 0. The smallest absolute Gasteiger partial charge is 0.0675 e. The van der Waals surface area contributed by atoms with E-state index in [9.17, 15) is 5.11 Å². The molecule has 5 fully saturated rings. The van der Waals surface area contributed by atoms with Crippen molar-refractivity contribution in [1.29, 1.82) is 0 Å². The van der Waals surface area contributed by atoms with Crippen molar-refractivity contribution in [3.8, 4) is 0 Å². The first-order valence-corrected chi connectivity index (χ1v) is 11.1. The molecule has 8 atom stereocenters. The Morgan fingerprint density at radius 1 is 0.870 bits per heavy atom. The van der Waals surface area contributed by atoms with Crippen LogP contribution in [0.3, 0.4) is 0 Å². The highest BCUT2D eigenvalue weighted by molar-refractivity contribution is 8.07. The Kier molecular flexibility index (Phi) is 3.06. The lowest BCUT2D eigenvalue weighted by Gasteiger charge is -2.61. The zero-order valence-corrected chi connectivity index (χ0v) is 16.1. The summed E-state index contributed by atoms with van der Waals surface area (Å²) in [6.45, 7) is 7.23. The maximum absolute atomic E-state index is 11.0. The van der Waals surface area contributed by atoms with Crippen molar-refractivity contribution < 1.29 is 5.11 Å². The van der Waals surface area contributed by atoms with Crippen LogP contribution in [0.1, 0.15) is 78.6 Å². The molecule has 0 aromatic carbocycles. The molecule has 0 bridgehead atoms. The summed E-state index contributed by atoms with van der Waals surface area (Å²) in [6.07, 6.45) is 12.4. The summed E-state index contributed by atoms with van der Waals surface area (Å²) >= 11 is 2.26. The predicted octanol–water partition coefficient (Wildman–Crippen LogP) is 5.27. The Labute approximate surface area is 146 Å². The van der Waals surface area contributed by atoms with Gasteiger partial charge in [-0.3, -0.25) is 0 Å². The van der Waals surface area contributed by atoms with Gasteiger partial charge >= 0.3 is 0 Å². The molecule has 0 unspecified atom stereocenters. The van der Waals surface area contributed by atoms with Crippen LogP contribution in [0.5, 0.6) is 0 Å². The third-order valence-corrected chi connectivity index (χ3v) is 11.4. The van der Waals surface area contributed by atoms with Crippen LogP contribution in [-0.2, 0) is 0 Å². The minimum absolute atomic E-state index is 0.194. The van der Waals surface area contributed by atoms with Gasteiger partial charge in [0.25, 0.3) is 0 Å². The van der Waals surface area contributed by atoms with Crippen molar-refractivity contribution in [2.24, 2.45) is 34.5 Å². The summed E-state index contributed by atoms with van der Waals surface area (Å²) in [4.78, 5) is 0. The number of rotatable bonds is 0. The Morgan fingerprint density at radius 3 is 2.35 bits per heavy atom. The van der Waals surface area contributed by atoms with E-state index in [0.717, 1.165) is 34.8 Å². The molecule has 4 aliphatic carbocycles. The fourth-order valence-electron chi connectivity index (χ4n) is 7.92. The maximum atomic E-state index is 11.0. The standard InChI is InChI=1S/C21H34OS/c1-18-10-11-21(13-23-21)12-14(18)4-5-15-16(18)6-8-19(2)17(15)7-9-20(19,3)22/h14-17,22H,4-13H2,1-3H3/t14-,15+,16+,17-,18+,19+,20+,21-/m1/s1. The van der Waals surface area contributed by atoms with Gasteiger partial charge in [0.05, 0.1) is 5.60 Å². The Balaban J connectivity index is 1.45. The maximum Gasteiger partial charge on any atom is 0.0675 e. The molecule has 5 rings (SSSR count). The summed E-state index contributed by atoms with van der Waals surface area (Å²) in [5.41, 5.74) is 0.397. The molecule has 2 heteroatoms. The van der Waals surface area contributed by atoms with E-state index in [1.807, 2.05) is 0 Å². The van der Waals surface area contributed by atoms with E-state index in [4.69, 9.17) is 0 Å². The van der Waals surface area contributed by atoms with Crippen molar-refractivity contribution in [2.45, 2.75) is 88.9 Å². The SMILES string of the molecule is C[C@]12CC[C@]3(CS3)C[C@H]1CC[C@@H]1[C@H]3CC[C@](C)(O)[C@@]3(C)CC[C@@H]12. The van der Waals surface area contributed by atoms with E-state index in [0.29, 0.717) is 5.41 Å². The van der Waals surface area contributed by atoms with Crippen molar-refractivity contribution in [3.63, 3.8) is 0 Å². The first kappa shape index (κ1) is 15.6. The van der Waals surface area contributed by atoms with Crippen molar-refractivity contribution in [1.82, 2.24) is 0 Å². The lowest BCUT2D eigenvalue weighted by molar-refractivity contribution is -0.146. The predicted molar refractivity (Wildman–Crippen MR) is 97.5 cm³/mol. The van der Waals surface area contributed by atoms with Gasteiger partial charge in [0.1, 0.15) is 0 Å². The van der Waals surface area contributed by atoms with Crippen LogP contribution in [0, 0.1) is 34.5 Å². The fourth-order valence-corrected chi connectivity index (χ4v) is 8.95. The van der Waals surface area contributed by atoms with E-state index >= 15 is 0 Å². The molecule has 0 aromatic rings. The summed E-state index contributed by atoms with van der Waals surface area (Å²) < 4.78 is 0.733. The first-order valence-electron chi connectivity index (χ1n) is 10.2. The number of thioether (sulfide) groups is 1. The second-order valence-corrected chi connectivity index (χ2v) is 12.0. The van der Waals surface area contributed by atoms with Gasteiger partial charge in [-0.25, -0.2) is 0 Å². The van der Waals surface area contributed by atoms with Crippen molar-refractivity contribution >= 4 is 11.8 Å². The zero-order chi connectivity index (χ0) is 16.1. The number of hydrogen-bond donors (Lipinski definition) is 1. The lowest BCUT2D eigenvalue weighted by Crippen LogP contribution is -2.56. The van der Waals surface area contributed by atoms with Crippen LogP contribution in [0.25, 0.3) is 0 Å². The number of fused-ring (bicyclic) bond motifs is 5. The van der Waals surface area contributed by atoms with Crippen molar-refractivity contribution in [3.05, 3.63) is 0 Å². The van der Waals surface area contributed by atoms with Crippen LogP contribution in [0.15, 0.2) is 0 Å². The average Bonchev–Trinajstić information content (AvgIpc) is 3.21. The molecule has 1 heterocycles. The summed E-state index contributed by atoms with van der Waals surface area (Å²) in [5.74, 6) is 5.11. The lowest BCUT2D eigenvalue weighted by atomic mass is 9.44. The summed E-state index contributed by atoms with van der Waals surface area (Å²) in [5, 5.41) is 11.0. The largest absolute Gasteiger partial charge is 0.390 e. The van der Waals surface area contributed by atoms with Crippen LogP contribution in [0.2, 0.25) is 0 Å². The monoisotopic (exact) mass is 334 g/mol. The van der Waals surface area contributed by atoms with Crippen LogP contribution >= 0.6 is 11.8 Å². The molecule has 1 spiro atoms. The topological polar surface area (TPSA) is 20.2 Å². The molecule has 5 aliphatic rings. The first-order chi connectivity index (χ1) is 10.8. The molecular weight excluding hydrogens is 300 g/mol. The second-order valence-electron chi connectivity index (χ2n) is 10.6. The van der Waals surface area contributed by atoms with Gasteiger partial charge in [0, 0.05) is 10.5 Å². The van der Waals surface area contributed by atoms with Crippen molar-refractivity contribution in [2.75, 3.05) is 5.75 Å². The average molecular weight is 335 g/mol. The zero-order valence-electron chi connectivity index (χ0n) is 15.2. The Hall–Kier alpha value is 0.310. The third kappa shape index (κ3) is 1.92. The highest BCUT2D eigenvalue weighted by Gasteiger charge is 2.64. The minimum atomic E-state index is -0.415. The van der Waals surface area contributed by atoms with Crippen LogP contribution in [0.4, 0.5) is 0 Å². The molecule has 0 aromatic heterocycles.